The number of para-hydroxylation sites is 1. The van der Waals surface area contributed by atoms with E-state index < -0.39 is 0 Å². The molecule has 1 aromatic heterocycles. The predicted molar refractivity (Wildman–Crippen MR) is 121 cm³/mol. The number of aromatic nitrogens is 2. The van der Waals surface area contributed by atoms with E-state index in [1.54, 1.807) is 16.9 Å². The summed E-state index contributed by atoms with van der Waals surface area (Å²) in [6, 6.07) is 7.44. The van der Waals surface area contributed by atoms with E-state index in [-0.39, 0.29) is 11.8 Å². The largest absolute Gasteiger partial charge is 0.351 e. The van der Waals surface area contributed by atoms with E-state index in [0.717, 1.165) is 56.9 Å². The molecule has 1 aliphatic heterocycles. The number of piperazine rings is 1. The normalized spacial score (nSPS) is 17.8. The highest BCUT2D eigenvalue weighted by Gasteiger charge is 2.29. The minimum absolute atomic E-state index is 0.133. The van der Waals surface area contributed by atoms with E-state index in [1.165, 1.54) is 12.8 Å². The van der Waals surface area contributed by atoms with Crippen molar-refractivity contribution >= 4 is 23.4 Å². The maximum absolute atomic E-state index is 12.7. The van der Waals surface area contributed by atoms with Gasteiger partial charge in [-0.2, -0.15) is 5.10 Å². The second-order valence-electron chi connectivity index (χ2n) is 8.41. The second-order valence-corrected chi connectivity index (χ2v) is 8.82. The van der Waals surface area contributed by atoms with Crippen LogP contribution in [-0.4, -0.2) is 70.7 Å². The standard InChI is InChI=1S/C23H30ClN5O2/c1-17-19(16-26-29(17)21-9-5-4-8-20(21)24)22(30)25-10-11-27-12-14-28(15-13-27)23(31)18-6-2-3-7-18/h4-5,8-9,16,18H,2-3,6-7,10-15H2,1H3,(H,25,30). The zero-order valence-electron chi connectivity index (χ0n) is 18.0. The molecule has 0 spiro atoms. The highest BCUT2D eigenvalue weighted by Crippen LogP contribution is 2.27. The lowest BCUT2D eigenvalue weighted by Crippen LogP contribution is -2.51. The summed E-state index contributed by atoms with van der Waals surface area (Å²) in [5.74, 6) is 0.461. The van der Waals surface area contributed by atoms with Crippen molar-refractivity contribution in [2.45, 2.75) is 32.6 Å². The zero-order valence-corrected chi connectivity index (χ0v) is 18.8. The maximum Gasteiger partial charge on any atom is 0.254 e. The molecule has 2 aromatic rings. The molecule has 0 unspecified atom stereocenters. The van der Waals surface area contributed by atoms with Gasteiger partial charge in [-0.05, 0) is 31.9 Å². The second kappa shape index (κ2) is 9.83. The Hall–Kier alpha value is -2.38. The van der Waals surface area contributed by atoms with Crippen molar-refractivity contribution < 1.29 is 9.59 Å². The Labute approximate surface area is 188 Å². The third-order valence-electron chi connectivity index (χ3n) is 6.44. The van der Waals surface area contributed by atoms with Crippen LogP contribution in [0.3, 0.4) is 0 Å². The number of nitrogens with zero attached hydrogens (tertiary/aromatic N) is 4. The summed E-state index contributed by atoms with van der Waals surface area (Å²) in [6.45, 7) is 6.49. The van der Waals surface area contributed by atoms with E-state index >= 15 is 0 Å². The van der Waals surface area contributed by atoms with Gasteiger partial charge in [-0.1, -0.05) is 36.6 Å². The Morgan fingerprint density at radius 1 is 1.13 bits per heavy atom. The van der Waals surface area contributed by atoms with Crippen LogP contribution in [-0.2, 0) is 4.79 Å². The molecule has 2 amide bonds. The van der Waals surface area contributed by atoms with Crippen LogP contribution in [0.25, 0.3) is 5.69 Å². The minimum Gasteiger partial charge on any atom is -0.351 e. The van der Waals surface area contributed by atoms with Gasteiger partial charge in [-0.15, -0.1) is 0 Å². The molecule has 2 heterocycles. The van der Waals surface area contributed by atoms with Gasteiger partial charge in [0.2, 0.25) is 5.91 Å². The average molecular weight is 444 g/mol. The Morgan fingerprint density at radius 3 is 2.55 bits per heavy atom. The SMILES string of the molecule is Cc1c(C(=O)NCCN2CCN(C(=O)C3CCCC3)CC2)cnn1-c1ccccc1Cl. The summed E-state index contributed by atoms with van der Waals surface area (Å²) < 4.78 is 1.69. The first-order chi connectivity index (χ1) is 15.0. The summed E-state index contributed by atoms with van der Waals surface area (Å²) in [5, 5.41) is 7.93. The molecule has 166 valence electrons. The summed E-state index contributed by atoms with van der Waals surface area (Å²) in [5.41, 5.74) is 2.06. The fourth-order valence-corrected chi connectivity index (χ4v) is 4.76. The first kappa shape index (κ1) is 21.8. The van der Waals surface area contributed by atoms with Crippen LogP contribution in [0.4, 0.5) is 0 Å². The van der Waals surface area contributed by atoms with Gasteiger partial charge in [0, 0.05) is 45.2 Å². The van der Waals surface area contributed by atoms with Crippen LogP contribution in [0, 0.1) is 12.8 Å². The van der Waals surface area contributed by atoms with Crippen molar-refractivity contribution in [2.75, 3.05) is 39.3 Å². The van der Waals surface area contributed by atoms with Gasteiger partial charge in [0.15, 0.2) is 0 Å². The Kier molecular flexibility index (Phi) is 6.92. The number of amides is 2. The van der Waals surface area contributed by atoms with Gasteiger partial charge in [0.1, 0.15) is 0 Å². The number of hydrogen-bond acceptors (Lipinski definition) is 4. The first-order valence-corrected chi connectivity index (χ1v) is 11.5. The van der Waals surface area contributed by atoms with Crippen molar-refractivity contribution in [3.05, 3.63) is 46.7 Å². The molecular formula is C23H30ClN5O2. The van der Waals surface area contributed by atoms with Crippen LogP contribution >= 0.6 is 11.6 Å². The van der Waals surface area contributed by atoms with E-state index in [0.29, 0.717) is 23.0 Å². The quantitative estimate of drug-likeness (QED) is 0.745. The molecule has 1 aromatic carbocycles. The highest BCUT2D eigenvalue weighted by molar-refractivity contribution is 6.32. The molecule has 0 bridgehead atoms. The third-order valence-corrected chi connectivity index (χ3v) is 6.76. The van der Waals surface area contributed by atoms with E-state index in [9.17, 15) is 9.59 Å². The average Bonchev–Trinajstić information content (AvgIpc) is 3.44. The number of nitrogens with one attached hydrogen (secondary N) is 1. The molecule has 31 heavy (non-hydrogen) atoms. The fraction of sp³-hybridized carbons (Fsp3) is 0.522. The monoisotopic (exact) mass is 443 g/mol. The van der Waals surface area contributed by atoms with Crippen LogP contribution in [0.2, 0.25) is 5.02 Å². The lowest BCUT2D eigenvalue weighted by molar-refractivity contribution is -0.137. The number of benzene rings is 1. The molecule has 8 heteroatoms. The highest BCUT2D eigenvalue weighted by atomic mass is 35.5. The van der Waals surface area contributed by atoms with Gasteiger partial charge in [0.25, 0.3) is 5.91 Å². The summed E-state index contributed by atoms with van der Waals surface area (Å²) >= 11 is 6.26. The predicted octanol–water partition coefficient (Wildman–Crippen LogP) is 2.90. The molecule has 1 aliphatic carbocycles. The van der Waals surface area contributed by atoms with E-state index in [2.05, 4.69) is 15.3 Å². The van der Waals surface area contributed by atoms with Gasteiger partial charge >= 0.3 is 0 Å². The molecule has 0 atom stereocenters. The number of carbonyl (C=O) groups is 2. The van der Waals surface area contributed by atoms with Crippen molar-refractivity contribution in [3.63, 3.8) is 0 Å². The molecule has 1 saturated heterocycles. The Morgan fingerprint density at radius 2 is 1.84 bits per heavy atom. The third kappa shape index (κ3) is 4.93. The molecule has 2 fully saturated rings. The van der Waals surface area contributed by atoms with E-state index in [1.807, 2.05) is 30.0 Å². The first-order valence-electron chi connectivity index (χ1n) is 11.1. The molecule has 1 saturated carbocycles. The summed E-state index contributed by atoms with van der Waals surface area (Å²) in [4.78, 5) is 29.5. The maximum atomic E-state index is 12.7. The lowest BCUT2D eigenvalue weighted by atomic mass is 10.1. The molecule has 4 rings (SSSR count). The van der Waals surface area contributed by atoms with Crippen molar-refractivity contribution in [1.82, 2.24) is 24.9 Å². The number of rotatable bonds is 6. The van der Waals surface area contributed by atoms with Crippen molar-refractivity contribution in [1.29, 1.82) is 0 Å². The topological polar surface area (TPSA) is 70.5 Å². The van der Waals surface area contributed by atoms with Crippen LogP contribution in [0.15, 0.2) is 30.5 Å². The van der Waals surface area contributed by atoms with Gasteiger partial charge in [-0.25, -0.2) is 4.68 Å². The molecule has 0 radical (unpaired) electrons. The smallest absolute Gasteiger partial charge is 0.254 e. The van der Waals surface area contributed by atoms with Gasteiger partial charge in [-0.3, -0.25) is 14.5 Å². The van der Waals surface area contributed by atoms with Gasteiger partial charge < -0.3 is 10.2 Å². The number of hydrogen-bond donors (Lipinski definition) is 1. The fourth-order valence-electron chi connectivity index (χ4n) is 4.54. The van der Waals surface area contributed by atoms with Gasteiger partial charge in [0.05, 0.1) is 28.2 Å². The van der Waals surface area contributed by atoms with Crippen LogP contribution in [0.1, 0.15) is 41.7 Å². The van der Waals surface area contributed by atoms with Crippen LogP contribution in [0.5, 0.6) is 0 Å². The molecule has 2 aliphatic rings. The number of carbonyl (C=O) groups excluding carboxylic acids is 2. The minimum atomic E-state index is -0.133. The van der Waals surface area contributed by atoms with Crippen molar-refractivity contribution in [2.24, 2.45) is 5.92 Å². The Balaban J connectivity index is 1.24. The zero-order chi connectivity index (χ0) is 21.8. The summed E-state index contributed by atoms with van der Waals surface area (Å²) in [6.07, 6.45) is 6.07. The summed E-state index contributed by atoms with van der Waals surface area (Å²) in [7, 11) is 0. The molecule has 1 N–H and O–H groups in total. The molecular weight excluding hydrogens is 414 g/mol. The van der Waals surface area contributed by atoms with Crippen LogP contribution < -0.4 is 5.32 Å². The van der Waals surface area contributed by atoms with E-state index in [4.69, 9.17) is 11.6 Å². The Bertz CT molecular complexity index is 930. The molecule has 7 nitrogen and oxygen atoms in total. The lowest BCUT2D eigenvalue weighted by Gasteiger charge is -2.36. The van der Waals surface area contributed by atoms with Crippen molar-refractivity contribution in [3.8, 4) is 5.69 Å². The number of halogens is 1.